The molecule has 1 saturated heterocycles. The summed E-state index contributed by atoms with van der Waals surface area (Å²) in [5.74, 6) is 0.853. The summed E-state index contributed by atoms with van der Waals surface area (Å²) in [6.07, 6.45) is -1.27. The molecule has 0 aromatic heterocycles. The smallest absolute Gasteiger partial charge is 0.123 e. The Hall–Kier alpha value is -1.10. The first-order chi connectivity index (χ1) is 8.10. The molecule has 2 atom stereocenters. The summed E-state index contributed by atoms with van der Waals surface area (Å²) < 4.78 is 5.31. The first-order valence-electron chi connectivity index (χ1n) is 5.82. The minimum absolute atomic E-state index is 0.512. The Kier molecular flexibility index (Phi) is 3.66. The first kappa shape index (κ1) is 12.4. The van der Waals surface area contributed by atoms with Crippen LogP contribution in [0.15, 0.2) is 18.2 Å². The molecule has 1 aromatic carbocycles. The minimum atomic E-state index is -0.634. The van der Waals surface area contributed by atoms with Gasteiger partial charge in [-0.3, -0.25) is 4.90 Å². The van der Waals surface area contributed by atoms with Crippen molar-refractivity contribution in [2.45, 2.75) is 25.7 Å². The number of likely N-dealkylation sites (tertiary alicyclic amines) is 1. The summed E-state index contributed by atoms with van der Waals surface area (Å²) >= 11 is 0. The normalized spacial score (nSPS) is 25.2. The zero-order chi connectivity index (χ0) is 12.4. The molecule has 4 nitrogen and oxygen atoms in total. The number of hydrogen-bond acceptors (Lipinski definition) is 4. The van der Waals surface area contributed by atoms with Crippen molar-refractivity contribution in [3.05, 3.63) is 29.3 Å². The Morgan fingerprint density at radius 1 is 1.29 bits per heavy atom. The quantitative estimate of drug-likeness (QED) is 0.805. The Labute approximate surface area is 101 Å². The number of rotatable bonds is 3. The van der Waals surface area contributed by atoms with Crippen LogP contribution in [0, 0.1) is 6.92 Å². The summed E-state index contributed by atoms with van der Waals surface area (Å²) in [4.78, 5) is 2.03. The van der Waals surface area contributed by atoms with Crippen LogP contribution in [-0.4, -0.2) is 47.5 Å². The maximum atomic E-state index is 9.50. The van der Waals surface area contributed by atoms with Gasteiger partial charge in [-0.15, -0.1) is 0 Å². The standard InChI is InChI=1S/C13H19NO3/c1-9-3-4-13(17-2)10(5-9)6-14-7-11(15)12(16)8-14/h3-5,11-12,15-16H,6-8H2,1-2H3. The van der Waals surface area contributed by atoms with Crippen molar-refractivity contribution in [1.29, 1.82) is 0 Å². The largest absolute Gasteiger partial charge is 0.496 e. The van der Waals surface area contributed by atoms with E-state index in [9.17, 15) is 10.2 Å². The topological polar surface area (TPSA) is 52.9 Å². The second-order valence-corrected chi connectivity index (χ2v) is 4.64. The molecule has 0 saturated carbocycles. The number of benzene rings is 1. The van der Waals surface area contributed by atoms with Gasteiger partial charge in [0.1, 0.15) is 5.75 Å². The zero-order valence-corrected chi connectivity index (χ0v) is 10.3. The number of aliphatic hydroxyl groups excluding tert-OH is 2. The highest BCUT2D eigenvalue weighted by Gasteiger charge is 2.29. The van der Waals surface area contributed by atoms with Gasteiger partial charge in [0, 0.05) is 25.2 Å². The van der Waals surface area contributed by atoms with E-state index in [1.165, 1.54) is 5.56 Å². The summed E-state index contributed by atoms with van der Waals surface area (Å²) in [5, 5.41) is 19.0. The molecule has 94 valence electrons. The van der Waals surface area contributed by atoms with Gasteiger partial charge in [0.15, 0.2) is 0 Å². The van der Waals surface area contributed by atoms with Crippen LogP contribution in [0.2, 0.25) is 0 Å². The van der Waals surface area contributed by atoms with Crippen LogP contribution in [0.5, 0.6) is 5.75 Å². The van der Waals surface area contributed by atoms with Crippen LogP contribution in [0.1, 0.15) is 11.1 Å². The summed E-state index contributed by atoms with van der Waals surface area (Å²) in [7, 11) is 1.65. The van der Waals surface area contributed by atoms with Gasteiger partial charge in [0.25, 0.3) is 0 Å². The zero-order valence-electron chi connectivity index (χ0n) is 10.3. The van der Waals surface area contributed by atoms with Gasteiger partial charge in [0.2, 0.25) is 0 Å². The lowest BCUT2D eigenvalue weighted by atomic mass is 10.1. The van der Waals surface area contributed by atoms with Gasteiger partial charge < -0.3 is 14.9 Å². The van der Waals surface area contributed by atoms with E-state index in [-0.39, 0.29) is 0 Å². The molecular formula is C13H19NO3. The third kappa shape index (κ3) is 2.77. The number of ether oxygens (including phenoxy) is 1. The summed E-state index contributed by atoms with van der Waals surface area (Å²) in [6.45, 7) is 3.76. The van der Waals surface area contributed by atoms with Crippen LogP contribution >= 0.6 is 0 Å². The molecule has 0 spiro atoms. The predicted octanol–water partition coefficient (Wildman–Crippen LogP) is 0.541. The fourth-order valence-electron chi connectivity index (χ4n) is 2.25. The third-order valence-electron chi connectivity index (χ3n) is 3.16. The fourth-order valence-corrected chi connectivity index (χ4v) is 2.25. The van der Waals surface area contributed by atoms with Crippen molar-refractivity contribution < 1.29 is 14.9 Å². The number of methoxy groups -OCH3 is 1. The van der Waals surface area contributed by atoms with Crippen molar-refractivity contribution in [3.8, 4) is 5.75 Å². The summed E-state index contributed by atoms with van der Waals surface area (Å²) in [5.41, 5.74) is 2.27. The lowest BCUT2D eigenvalue weighted by Crippen LogP contribution is -2.22. The molecule has 1 aliphatic heterocycles. The molecule has 1 aliphatic rings. The van der Waals surface area contributed by atoms with Crippen molar-refractivity contribution >= 4 is 0 Å². The van der Waals surface area contributed by atoms with Gasteiger partial charge >= 0.3 is 0 Å². The number of nitrogens with zero attached hydrogens (tertiary/aromatic N) is 1. The molecule has 2 rings (SSSR count). The van der Waals surface area contributed by atoms with Crippen molar-refractivity contribution in [1.82, 2.24) is 4.90 Å². The third-order valence-corrected chi connectivity index (χ3v) is 3.16. The fraction of sp³-hybridized carbons (Fsp3) is 0.538. The average molecular weight is 237 g/mol. The first-order valence-corrected chi connectivity index (χ1v) is 5.82. The Morgan fingerprint density at radius 3 is 2.53 bits per heavy atom. The van der Waals surface area contributed by atoms with Crippen molar-refractivity contribution in [2.75, 3.05) is 20.2 Å². The molecule has 2 unspecified atom stereocenters. The lowest BCUT2D eigenvalue weighted by Gasteiger charge is -2.17. The molecule has 0 aliphatic carbocycles. The van der Waals surface area contributed by atoms with Gasteiger partial charge in [-0.2, -0.15) is 0 Å². The maximum Gasteiger partial charge on any atom is 0.123 e. The Balaban J connectivity index is 2.10. The monoisotopic (exact) mass is 237 g/mol. The van der Waals surface area contributed by atoms with Crippen LogP contribution in [0.3, 0.4) is 0 Å². The molecule has 17 heavy (non-hydrogen) atoms. The molecule has 1 fully saturated rings. The maximum absolute atomic E-state index is 9.50. The number of aryl methyl sites for hydroxylation is 1. The van der Waals surface area contributed by atoms with Crippen molar-refractivity contribution in [2.24, 2.45) is 0 Å². The van der Waals surface area contributed by atoms with E-state index in [2.05, 4.69) is 6.07 Å². The number of β-amino-alcohol motifs (C(OH)–C–C–N with tert-alkyl or cyclic N) is 2. The number of aliphatic hydroxyl groups is 2. The Morgan fingerprint density at radius 2 is 1.94 bits per heavy atom. The SMILES string of the molecule is COc1ccc(C)cc1CN1CC(O)C(O)C1. The van der Waals surface area contributed by atoms with E-state index >= 15 is 0 Å². The van der Waals surface area contributed by atoms with E-state index < -0.39 is 12.2 Å². The van der Waals surface area contributed by atoms with Crippen LogP contribution in [0.4, 0.5) is 0 Å². The van der Waals surface area contributed by atoms with Crippen LogP contribution < -0.4 is 4.74 Å². The van der Waals surface area contributed by atoms with Gasteiger partial charge in [-0.1, -0.05) is 17.7 Å². The van der Waals surface area contributed by atoms with E-state index in [1.807, 2.05) is 24.0 Å². The van der Waals surface area contributed by atoms with Crippen LogP contribution in [0.25, 0.3) is 0 Å². The van der Waals surface area contributed by atoms with Gasteiger partial charge in [-0.05, 0) is 13.0 Å². The molecule has 0 bridgehead atoms. The summed E-state index contributed by atoms with van der Waals surface area (Å²) in [6, 6.07) is 6.04. The molecule has 2 N–H and O–H groups in total. The highest BCUT2D eigenvalue weighted by atomic mass is 16.5. The Bertz CT molecular complexity index is 384. The second kappa shape index (κ2) is 5.04. The highest BCUT2D eigenvalue weighted by molar-refractivity contribution is 5.36. The lowest BCUT2D eigenvalue weighted by molar-refractivity contribution is 0.0572. The molecule has 1 heterocycles. The van der Waals surface area contributed by atoms with Crippen molar-refractivity contribution in [3.63, 3.8) is 0 Å². The van der Waals surface area contributed by atoms with E-state index in [0.29, 0.717) is 19.6 Å². The van der Waals surface area contributed by atoms with Gasteiger partial charge in [0.05, 0.1) is 19.3 Å². The minimum Gasteiger partial charge on any atom is -0.496 e. The highest BCUT2D eigenvalue weighted by Crippen LogP contribution is 2.23. The van der Waals surface area contributed by atoms with Crippen LogP contribution in [-0.2, 0) is 6.54 Å². The van der Waals surface area contributed by atoms with E-state index in [1.54, 1.807) is 7.11 Å². The number of hydrogen-bond donors (Lipinski definition) is 2. The molecule has 0 amide bonds. The molecule has 1 aromatic rings. The van der Waals surface area contributed by atoms with E-state index in [4.69, 9.17) is 4.74 Å². The molecule has 4 heteroatoms. The predicted molar refractivity (Wildman–Crippen MR) is 65.0 cm³/mol. The van der Waals surface area contributed by atoms with Gasteiger partial charge in [-0.25, -0.2) is 0 Å². The second-order valence-electron chi connectivity index (χ2n) is 4.64. The molecule has 0 radical (unpaired) electrons. The van der Waals surface area contributed by atoms with E-state index in [0.717, 1.165) is 11.3 Å². The molecular weight excluding hydrogens is 218 g/mol. The average Bonchev–Trinajstić information content (AvgIpc) is 2.58.